The molecule has 8 heteroatoms. The lowest BCUT2D eigenvalue weighted by atomic mass is 9.90. The molecular formula is C19H22FN3O3S. The Morgan fingerprint density at radius 2 is 1.89 bits per heavy atom. The van der Waals surface area contributed by atoms with Gasteiger partial charge in [0.15, 0.2) is 0 Å². The molecular weight excluding hydrogens is 369 g/mol. The Labute approximate surface area is 157 Å². The van der Waals surface area contributed by atoms with Crippen LogP contribution in [0.1, 0.15) is 48.1 Å². The first kappa shape index (κ1) is 18.2. The summed E-state index contributed by atoms with van der Waals surface area (Å²) in [6.45, 7) is 0.301. The van der Waals surface area contributed by atoms with E-state index in [-0.39, 0.29) is 17.0 Å². The molecule has 0 saturated carbocycles. The zero-order valence-corrected chi connectivity index (χ0v) is 15.8. The molecule has 2 aromatic rings. The second kappa shape index (κ2) is 7.07. The van der Waals surface area contributed by atoms with Gasteiger partial charge in [-0.15, -0.1) is 0 Å². The first-order valence-corrected chi connectivity index (χ1v) is 10.9. The summed E-state index contributed by atoms with van der Waals surface area (Å²) in [4.78, 5) is 12.0. The molecule has 2 heterocycles. The van der Waals surface area contributed by atoms with Crippen LogP contribution in [0.2, 0.25) is 0 Å². The standard InChI is InChI=1S/C19H22FN3O3S/c20-16-8-7-13(12-18(16)23-9-3-4-10-27(23,25)26)11-17-14-5-1-2-6-15(14)19(24)22-21-17/h7-8,12H,1-6,9-11H2,(H,22,24). The van der Waals surface area contributed by atoms with Crippen LogP contribution in [-0.4, -0.2) is 30.9 Å². The van der Waals surface area contributed by atoms with E-state index in [0.29, 0.717) is 19.4 Å². The van der Waals surface area contributed by atoms with Crippen molar-refractivity contribution in [1.82, 2.24) is 10.2 Å². The number of hydrogen-bond donors (Lipinski definition) is 1. The molecule has 27 heavy (non-hydrogen) atoms. The topological polar surface area (TPSA) is 83.1 Å². The molecule has 0 bridgehead atoms. The lowest BCUT2D eigenvalue weighted by Gasteiger charge is -2.29. The van der Waals surface area contributed by atoms with E-state index in [9.17, 15) is 17.6 Å². The van der Waals surface area contributed by atoms with Crippen molar-refractivity contribution in [3.05, 3.63) is 56.8 Å². The molecule has 1 aromatic carbocycles. The number of benzene rings is 1. The first-order chi connectivity index (χ1) is 13.0. The summed E-state index contributed by atoms with van der Waals surface area (Å²) in [5.41, 5.74) is 3.31. The largest absolute Gasteiger partial charge is 0.268 e. The van der Waals surface area contributed by atoms with Gasteiger partial charge < -0.3 is 0 Å². The van der Waals surface area contributed by atoms with Gasteiger partial charge in [-0.3, -0.25) is 9.10 Å². The number of sulfonamides is 1. The van der Waals surface area contributed by atoms with Crippen LogP contribution >= 0.6 is 0 Å². The molecule has 2 aliphatic rings. The number of rotatable bonds is 3. The summed E-state index contributed by atoms with van der Waals surface area (Å²) in [6.07, 6.45) is 5.33. The SMILES string of the molecule is O=c1[nH]nc(Cc2ccc(F)c(N3CCCCS3(=O)=O)c2)c2c1CCCC2. The normalized spacial score (nSPS) is 18.9. The fourth-order valence-electron chi connectivity index (χ4n) is 3.99. The lowest BCUT2D eigenvalue weighted by Crippen LogP contribution is -2.38. The second-order valence-electron chi connectivity index (χ2n) is 7.22. The van der Waals surface area contributed by atoms with Crippen molar-refractivity contribution in [2.75, 3.05) is 16.6 Å². The van der Waals surface area contributed by atoms with Crippen LogP contribution in [0.15, 0.2) is 23.0 Å². The highest BCUT2D eigenvalue weighted by molar-refractivity contribution is 7.92. The first-order valence-electron chi connectivity index (χ1n) is 9.34. The number of aromatic amines is 1. The van der Waals surface area contributed by atoms with E-state index in [4.69, 9.17) is 0 Å². The fraction of sp³-hybridized carbons (Fsp3) is 0.474. The summed E-state index contributed by atoms with van der Waals surface area (Å²) in [5.74, 6) is -0.494. The van der Waals surface area contributed by atoms with Crippen LogP contribution in [0.3, 0.4) is 0 Å². The van der Waals surface area contributed by atoms with Crippen LogP contribution in [0.4, 0.5) is 10.1 Å². The Kier molecular flexibility index (Phi) is 4.75. The third kappa shape index (κ3) is 3.50. The van der Waals surface area contributed by atoms with Gasteiger partial charge in [0.25, 0.3) is 5.56 Å². The van der Waals surface area contributed by atoms with Gasteiger partial charge in [0.1, 0.15) is 5.82 Å². The van der Waals surface area contributed by atoms with Crippen LogP contribution < -0.4 is 9.86 Å². The summed E-state index contributed by atoms with van der Waals surface area (Å²) < 4.78 is 40.3. The van der Waals surface area contributed by atoms with Crippen molar-refractivity contribution >= 4 is 15.7 Å². The quantitative estimate of drug-likeness (QED) is 0.870. The molecule has 1 N–H and O–H groups in total. The minimum absolute atomic E-state index is 0.0473. The Balaban J connectivity index is 1.70. The third-order valence-electron chi connectivity index (χ3n) is 5.38. The van der Waals surface area contributed by atoms with Gasteiger partial charge in [-0.2, -0.15) is 5.10 Å². The molecule has 0 atom stereocenters. The van der Waals surface area contributed by atoms with E-state index in [1.165, 1.54) is 10.4 Å². The van der Waals surface area contributed by atoms with Crippen molar-refractivity contribution in [2.24, 2.45) is 0 Å². The van der Waals surface area contributed by atoms with Gasteiger partial charge in [-0.1, -0.05) is 6.07 Å². The highest BCUT2D eigenvalue weighted by Gasteiger charge is 2.28. The lowest BCUT2D eigenvalue weighted by molar-refractivity contribution is 0.568. The number of anilines is 1. The second-order valence-corrected chi connectivity index (χ2v) is 9.23. The number of H-pyrrole nitrogens is 1. The van der Waals surface area contributed by atoms with Gasteiger partial charge >= 0.3 is 0 Å². The zero-order valence-electron chi connectivity index (χ0n) is 15.0. The van der Waals surface area contributed by atoms with Crippen LogP contribution in [0, 0.1) is 5.82 Å². The average molecular weight is 391 g/mol. The van der Waals surface area contributed by atoms with Gasteiger partial charge in [0, 0.05) is 18.5 Å². The van der Waals surface area contributed by atoms with Gasteiger partial charge in [0.05, 0.1) is 17.1 Å². The summed E-state index contributed by atoms with van der Waals surface area (Å²) in [6, 6.07) is 4.56. The van der Waals surface area contributed by atoms with E-state index < -0.39 is 15.8 Å². The molecule has 1 aliphatic carbocycles. The minimum Gasteiger partial charge on any atom is -0.268 e. The molecule has 0 amide bonds. The summed E-state index contributed by atoms with van der Waals surface area (Å²) in [5, 5.41) is 6.78. The van der Waals surface area contributed by atoms with E-state index in [2.05, 4.69) is 10.2 Å². The number of nitrogens with zero attached hydrogens (tertiary/aromatic N) is 2. The van der Waals surface area contributed by atoms with Crippen molar-refractivity contribution in [3.8, 4) is 0 Å². The van der Waals surface area contributed by atoms with Crippen molar-refractivity contribution in [2.45, 2.75) is 44.9 Å². The maximum atomic E-state index is 14.4. The number of aromatic nitrogens is 2. The molecule has 4 rings (SSSR count). The van der Waals surface area contributed by atoms with Gasteiger partial charge in [-0.05, 0) is 61.8 Å². The monoisotopic (exact) mass is 391 g/mol. The van der Waals surface area contributed by atoms with Crippen LogP contribution in [-0.2, 0) is 29.3 Å². The maximum absolute atomic E-state index is 14.4. The molecule has 0 spiro atoms. The molecule has 1 aromatic heterocycles. The number of nitrogens with one attached hydrogen (secondary N) is 1. The Morgan fingerprint density at radius 3 is 2.67 bits per heavy atom. The fourth-order valence-corrected chi connectivity index (χ4v) is 5.62. The highest BCUT2D eigenvalue weighted by atomic mass is 32.2. The third-order valence-corrected chi connectivity index (χ3v) is 7.24. The molecule has 144 valence electrons. The van der Waals surface area contributed by atoms with Gasteiger partial charge in [-0.25, -0.2) is 17.9 Å². The molecule has 0 unspecified atom stereocenters. The van der Waals surface area contributed by atoms with E-state index in [1.807, 2.05) is 0 Å². The average Bonchev–Trinajstić information content (AvgIpc) is 2.66. The zero-order chi connectivity index (χ0) is 19.0. The Morgan fingerprint density at radius 1 is 1.11 bits per heavy atom. The summed E-state index contributed by atoms with van der Waals surface area (Å²) in [7, 11) is -3.48. The molecule has 6 nitrogen and oxygen atoms in total. The van der Waals surface area contributed by atoms with Crippen LogP contribution in [0.25, 0.3) is 0 Å². The van der Waals surface area contributed by atoms with E-state index in [1.54, 1.807) is 12.1 Å². The smallest absolute Gasteiger partial charge is 0.267 e. The number of halogens is 1. The van der Waals surface area contributed by atoms with E-state index >= 15 is 0 Å². The van der Waals surface area contributed by atoms with Crippen molar-refractivity contribution in [1.29, 1.82) is 0 Å². The molecule has 1 aliphatic heterocycles. The van der Waals surface area contributed by atoms with Crippen LogP contribution in [0.5, 0.6) is 0 Å². The highest BCUT2D eigenvalue weighted by Crippen LogP contribution is 2.29. The minimum atomic E-state index is -3.48. The van der Waals surface area contributed by atoms with Gasteiger partial charge in [0.2, 0.25) is 10.0 Å². The van der Waals surface area contributed by atoms with Crippen molar-refractivity contribution in [3.63, 3.8) is 0 Å². The molecule has 0 radical (unpaired) electrons. The van der Waals surface area contributed by atoms with Crippen molar-refractivity contribution < 1.29 is 12.8 Å². The Bertz CT molecular complexity index is 1030. The summed E-state index contributed by atoms with van der Waals surface area (Å²) >= 11 is 0. The molecule has 1 fully saturated rings. The molecule has 1 saturated heterocycles. The predicted octanol–water partition coefficient (Wildman–Crippen LogP) is 2.31. The number of fused-ring (bicyclic) bond motifs is 1. The predicted molar refractivity (Wildman–Crippen MR) is 101 cm³/mol. The van der Waals surface area contributed by atoms with E-state index in [0.717, 1.165) is 54.5 Å². The Hall–Kier alpha value is -2.22. The number of hydrogen-bond acceptors (Lipinski definition) is 4. The maximum Gasteiger partial charge on any atom is 0.267 e.